The number of aryl methyl sites for hydroxylation is 3. The van der Waals surface area contributed by atoms with Gasteiger partial charge in [0.05, 0.1) is 11.1 Å². The largest absolute Gasteiger partial charge is 0.322 e. The van der Waals surface area contributed by atoms with Crippen molar-refractivity contribution in [2.45, 2.75) is 27.7 Å². The normalized spacial score (nSPS) is 10.7. The van der Waals surface area contributed by atoms with Crippen molar-refractivity contribution in [2.75, 3.05) is 5.32 Å². The van der Waals surface area contributed by atoms with Gasteiger partial charge in [-0.1, -0.05) is 11.6 Å². The van der Waals surface area contributed by atoms with Crippen LogP contribution in [0.4, 0.5) is 5.69 Å². The quantitative estimate of drug-likeness (QED) is 0.712. The number of rotatable bonds is 3. The first kappa shape index (κ1) is 16.8. The van der Waals surface area contributed by atoms with E-state index in [1.54, 1.807) is 30.3 Å². The van der Waals surface area contributed by atoms with Crippen LogP contribution in [0, 0.1) is 20.8 Å². The molecule has 2 aromatic carbocycles. The van der Waals surface area contributed by atoms with Crippen LogP contribution in [-0.4, -0.2) is 16.7 Å². The number of ketones is 1. The summed E-state index contributed by atoms with van der Waals surface area (Å²) in [5, 5.41) is 3.75. The van der Waals surface area contributed by atoms with Crippen LogP contribution < -0.4 is 5.32 Å². The Hall–Kier alpha value is -3.01. The molecule has 0 fully saturated rings. The van der Waals surface area contributed by atoms with Crippen molar-refractivity contribution in [1.82, 2.24) is 4.98 Å². The maximum absolute atomic E-state index is 12.8. The number of nitrogens with one attached hydrogen (secondary N) is 1. The monoisotopic (exact) mass is 332 g/mol. The van der Waals surface area contributed by atoms with Gasteiger partial charge in [-0.15, -0.1) is 0 Å². The Morgan fingerprint density at radius 1 is 0.960 bits per heavy atom. The van der Waals surface area contributed by atoms with Gasteiger partial charge >= 0.3 is 0 Å². The molecular weight excluding hydrogens is 312 g/mol. The molecule has 0 saturated heterocycles. The molecule has 126 valence electrons. The molecule has 0 radical (unpaired) electrons. The number of nitrogens with zero attached hydrogens (tertiary/aromatic N) is 1. The summed E-state index contributed by atoms with van der Waals surface area (Å²) in [7, 11) is 0. The number of carbonyl (C=O) groups excluding carboxylic acids is 2. The van der Waals surface area contributed by atoms with Gasteiger partial charge in [-0.3, -0.25) is 14.6 Å². The van der Waals surface area contributed by atoms with E-state index in [4.69, 9.17) is 0 Å². The Bertz CT molecular complexity index is 989. The van der Waals surface area contributed by atoms with Crippen LogP contribution in [-0.2, 0) is 0 Å². The summed E-state index contributed by atoms with van der Waals surface area (Å²) in [6.07, 6.45) is 0. The van der Waals surface area contributed by atoms with E-state index in [2.05, 4.69) is 16.4 Å². The van der Waals surface area contributed by atoms with Crippen LogP contribution >= 0.6 is 0 Å². The van der Waals surface area contributed by atoms with E-state index in [9.17, 15) is 9.59 Å². The molecule has 0 unspecified atom stereocenters. The molecule has 1 amide bonds. The zero-order valence-electron chi connectivity index (χ0n) is 14.8. The van der Waals surface area contributed by atoms with Crippen LogP contribution in [0.25, 0.3) is 10.9 Å². The summed E-state index contributed by atoms with van der Waals surface area (Å²) in [4.78, 5) is 28.7. The van der Waals surface area contributed by atoms with E-state index in [0.717, 1.165) is 27.7 Å². The Balaban J connectivity index is 2.00. The number of carbonyl (C=O) groups is 2. The molecule has 0 aliphatic rings. The highest BCUT2D eigenvalue weighted by Crippen LogP contribution is 2.24. The molecule has 1 aromatic heterocycles. The van der Waals surface area contributed by atoms with Crippen molar-refractivity contribution >= 4 is 28.3 Å². The summed E-state index contributed by atoms with van der Waals surface area (Å²) in [6.45, 7) is 7.42. The van der Waals surface area contributed by atoms with E-state index in [-0.39, 0.29) is 11.7 Å². The predicted octanol–water partition coefficient (Wildman–Crippen LogP) is 4.61. The average molecular weight is 332 g/mol. The lowest BCUT2D eigenvalue weighted by molar-refractivity contribution is 0.101. The summed E-state index contributed by atoms with van der Waals surface area (Å²) >= 11 is 0. The third kappa shape index (κ3) is 3.43. The van der Waals surface area contributed by atoms with E-state index >= 15 is 0 Å². The number of Topliss-reactive ketones (excluding diaryl/α,β-unsaturated/α-hetero) is 1. The number of amides is 1. The second-order valence-corrected chi connectivity index (χ2v) is 6.38. The van der Waals surface area contributed by atoms with Gasteiger partial charge in [0.2, 0.25) is 0 Å². The van der Waals surface area contributed by atoms with Gasteiger partial charge in [-0.05, 0) is 69.7 Å². The molecule has 0 aliphatic carbocycles. The van der Waals surface area contributed by atoms with E-state index in [1.165, 1.54) is 6.92 Å². The second-order valence-electron chi connectivity index (χ2n) is 6.38. The lowest BCUT2D eigenvalue weighted by Gasteiger charge is -2.11. The summed E-state index contributed by atoms with van der Waals surface area (Å²) in [6, 6.07) is 12.8. The first-order chi connectivity index (χ1) is 11.8. The van der Waals surface area contributed by atoms with E-state index in [0.29, 0.717) is 16.8 Å². The fourth-order valence-corrected chi connectivity index (χ4v) is 2.98. The van der Waals surface area contributed by atoms with E-state index < -0.39 is 0 Å². The SMILES string of the molecule is CC(=O)c1ccc(NC(=O)c2cc(C)nc3c(C)cc(C)cc23)cc1. The average Bonchev–Trinajstić information content (AvgIpc) is 2.55. The first-order valence-electron chi connectivity index (χ1n) is 8.16. The van der Waals surface area contributed by atoms with Crippen molar-refractivity contribution in [3.05, 3.63) is 70.4 Å². The van der Waals surface area contributed by atoms with E-state index in [1.807, 2.05) is 26.8 Å². The maximum Gasteiger partial charge on any atom is 0.256 e. The smallest absolute Gasteiger partial charge is 0.256 e. The fourth-order valence-electron chi connectivity index (χ4n) is 2.98. The number of fused-ring (bicyclic) bond motifs is 1. The first-order valence-corrected chi connectivity index (χ1v) is 8.16. The van der Waals surface area contributed by atoms with Gasteiger partial charge in [0.15, 0.2) is 5.78 Å². The van der Waals surface area contributed by atoms with Crippen molar-refractivity contribution in [2.24, 2.45) is 0 Å². The number of hydrogen-bond donors (Lipinski definition) is 1. The molecule has 0 aliphatic heterocycles. The molecule has 3 rings (SSSR count). The Morgan fingerprint density at radius 3 is 2.28 bits per heavy atom. The lowest BCUT2D eigenvalue weighted by atomic mass is 10.0. The number of benzene rings is 2. The Labute approximate surface area is 146 Å². The highest BCUT2D eigenvalue weighted by atomic mass is 16.1. The molecule has 0 bridgehead atoms. The minimum atomic E-state index is -0.184. The van der Waals surface area contributed by atoms with Crippen molar-refractivity contribution < 1.29 is 9.59 Å². The Kier molecular flexibility index (Phi) is 4.36. The fraction of sp³-hybridized carbons (Fsp3) is 0.190. The van der Waals surface area contributed by atoms with Gasteiger partial charge < -0.3 is 5.32 Å². The van der Waals surface area contributed by atoms with Crippen LogP contribution in [0.15, 0.2) is 42.5 Å². The highest BCUT2D eigenvalue weighted by Gasteiger charge is 2.14. The molecule has 3 aromatic rings. The number of anilines is 1. The molecule has 4 nitrogen and oxygen atoms in total. The lowest BCUT2D eigenvalue weighted by Crippen LogP contribution is -2.13. The van der Waals surface area contributed by atoms with Gasteiger partial charge in [-0.25, -0.2) is 0 Å². The minimum Gasteiger partial charge on any atom is -0.322 e. The topological polar surface area (TPSA) is 59.1 Å². The van der Waals surface area contributed by atoms with Crippen molar-refractivity contribution in [1.29, 1.82) is 0 Å². The Morgan fingerprint density at radius 2 is 1.64 bits per heavy atom. The number of hydrogen-bond acceptors (Lipinski definition) is 3. The van der Waals surface area contributed by atoms with Crippen LogP contribution in [0.5, 0.6) is 0 Å². The van der Waals surface area contributed by atoms with Crippen LogP contribution in [0.1, 0.15) is 44.5 Å². The van der Waals surface area contributed by atoms with Crippen molar-refractivity contribution in [3.63, 3.8) is 0 Å². The molecule has 0 atom stereocenters. The zero-order valence-corrected chi connectivity index (χ0v) is 14.8. The molecule has 0 spiro atoms. The summed E-state index contributed by atoms with van der Waals surface area (Å²) in [5.41, 5.74) is 5.68. The molecule has 0 saturated carbocycles. The van der Waals surface area contributed by atoms with Gasteiger partial charge in [0, 0.05) is 22.3 Å². The highest BCUT2D eigenvalue weighted by molar-refractivity contribution is 6.13. The van der Waals surface area contributed by atoms with Crippen LogP contribution in [0.3, 0.4) is 0 Å². The molecule has 1 N–H and O–H groups in total. The van der Waals surface area contributed by atoms with Gasteiger partial charge in [0.25, 0.3) is 5.91 Å². The van der Waals surface area contributed by atoms with Gasteiger partial charge in [0.1, 0.15) is 0 Å². The number of pyridine rings is 1. The minimum absolute atomic E-state index is 0.000389. The summed E-state index contributed by atoms with van der Waals surface area (Å²) in [5.74, 6) is -0.185. The zero-order chi connectivity index (χ0) is 18.1. The molecular formula is C21H20N2O2. The van der Waals surface area contributed by atoms with Crippen LogP contribution in [0.2, 0.25) is 0 Å². The third-order valence-corrected chi connectivity index (χ3v) is 4.17. The number of aromatic nitrogens is 1. The molecule has 25 heavy (non-hydrogen) atoms. The van der Waals surface area contributed by atoms with Gasteiger partial charge in [-0.2, -0.15) is 0 Å². The second kappa shape index (κ2) is 6.48. The van der Waals surface area contributed by atoms with Crippen molar-refractivity contribution in [3.8, 4) is 0 Å². The molecule has 4 heteroatoms. The maximum atomic E-state index is 12.8. The molecule has 1 heterocycles. The third-order valence-electron chi connectivity index (χ3n) is 4.17. The predicted molar refractivity (Wildman–Crippen MR) is 100 cm³/mol. The summed E-state index contributed by atoms with van der Waals surface area (Å²) < 4.78 is 0. The standard InChI is InChI=1S/C21H20N2O2/c1-12-9-13(2)20-18(10-12)19(11-14(3)22-20)21(25)23-17-7-5-16(6-8-17)15(4)24/h5-11H,1-4H3,(H,23,25).